The number of hydrogen-bond acceptors (Lipinski definition) is 4. The first kappa shape index (κ1) is 15.3. The molecule has 0 bridgehead atoms. The largest absolute Gasteiger partial charge is 0.508 e. The van der Waals surface area contributed by atoms with Crippen molar-refractivity contribution < 1.29 is 19.7 Å². The van der Waals surface area contributed by atoms with E-state index in [0.717, 1.165) is 0 Å². The van der Waals surface area contributed by atoms with E-state index in [0.29, 0.717) is 24.4 Å². The Morgan fingerprint density at radius 2 is 2.05 bits per heavy atom. The molecule has 0 aliphatic carbocycles. The Hall–Kier alpha value is -1.75. The fourth-order valence-electron chi connectivity index (χ4n) is 1.86. The van der Waals surface area contributed by atoms with Crippen molar-refractivity contribution in [1.29, 1.82) is 0 Å². The lowest BCUT2D eigenvalue weighted by atomic mass is 10.0. The Bertz CT molecular complexity index is 457. The monoisotopic (exact) mass is 267 g/mol. The molecule has 0 radical (unpaired) electrons. The molecule has 0 spiro atoms. The molecule has 2 N–H and O–H groups in total. The summed E-state index contributed by atoms with van der Waals surface area (Å²) in [5.41, 5.74) is -0.347. The molecule has 5 heteroatoms. The van der Waals surface area contributed by atoms with Gasteiger partial charge < -0.3 is 14.9 Å². The number of phenols is 1. The molecule has 1 aromatic carbocycles. The number of ether oxygens (including phenoxy) is 1. The maximum Gasteiger partial charge on any atom is 0.323 e. The van der Waals surface area contributed by atoms with Gasteiger partial charge in [-0.2, -0.15) is 0 Å². The van der Waals surface area contributed by atoms with Crippen LogP contribution in [0.15, 0.2) is 18.2 Å². The van der Waals surface area contributed by atoms with E-state index in [2.05, 4.69) is 0 Å². The van der Waals surface area contributed by atoms with Gasteiger partial charge in [0.1, 0.15) is 17.0 Å². The van der Waals surface area contributed by atoms with Crippen LogP contribution in [0.1, 0.15) is 26.3 Å². The van der Waals surface area contributed by atoms with E-state index in [4.69, 9.17) is 4.74 Å². The Labute approximate surface area is 113 Å². The number of nitrogens with zero attached hydrogens (tertiary/aromatic N) is 1. The second kappa shape index (κ2) is 5.93. The molecule has 1 aromatic rings. The predicted molar refractivity (Wildman–Crippen MR) is 72.5 cm³/mol. The van der Waals surface area contributed by atoms with Crippen molar-refractivity contribution in [3.8, 4) is 11.5 Å². The van der Waals surface area contributed by atoms with Crippen LogP contribution in [0.2, 0.25) is 0 Å². The van der Waals surface area contributed by atoms with Crippen molar-refractivity contribution in [3.05, 3.63) is 23.8 Å². The summed E-state index contributed by atoms with van der Waals surface area (Å²) in [6, 6.07) is 4.93. The molecule has 0 saturated carbocycles. The number of aliphatic carboxylic acids is 1. The van der Waals surface area contributed by atoms with Gasteiger partial charge in [-0.25, -0.2) is 0 Å². The number of hydrogen-bond donors (Lipinski definition) is 2. The van der Waals surface area contributed by atoms with Crippen LogP contribution in [0.3, 0.4) is 0 Å². The number of carboxylic acids is 1. The lowest BCUT2D eigenvalue weighted by Gasteiger charge is -2.34. The number of benzene rings is 1. The summed E-state index contributed by atoms with van der Waals surface area (Å²) in [7, 11) is 1.55. The van der Waals surface area contributed by atoms with Crippen molar-refractivity contribution >= 4 is 5.97 Å². The number of carboxylic acid groups (broad SMARTS) is 1. The summed E-state index contributed by atoms with van der Waals surface area (Å²) < 4.78 is 5.11. The second-order valence-corrected chi connectivity index (χ2v) is 4.87. The molecule has 0 amide bonds. The molecule has 0 atom stereocenters. The second-order valence-electron chi connectivity index (χ2n) is 4.87. The Balaban J connectivity index is 3.02. The average Bonchev–Trinajstić information content (AvgIpc) is 2.37. The highest BCUT2D eigenvalue weighted by molar-refractivity contribution is 5.77. The topological polar surface area (TPSA) is 70.0 Å². The van der Waals surface area contributed by atoms with Crippen LogP contribution in [-0.2, 0) is 11.3 Å². The average molecular weight is 267 g/mol. The molecule has 1 rings (SSSR count). The number of aromatic hydroxyl groups is 1. The lowest BCUT2D eigenvalue weighted by molar-refractivity contribution is -0.149. The highest BCUT2D eigenvalue weighted by Crippen LogP contribution is 2.27. The number of phenolic OH excluding ortho intramolecular Hbond substituents is 1. The molecule has 0 aliphatic heterocycles. The summed E-state index contributed by atoms with van der Waals surface area (Å²) in [5.74, 6) is -0.117. The standard InChI is InChI=1S/C14H21NO4/c1-5-15(14(2,3)13(17)18)9-10-8-11(19-4)6-7-12(10)16/h6-8,16H,5,9H2,1-4H3,(H,17,18). The molecule has 106 valence electrons. The van der Waals surface area contributed by atoms with Gasteiger partial charge in [0.05, 0.1) is 7.11 Å². The zero-order valence-electron chi connectivity index (χ0n) is 11.8. The molecular weight excluding hydrogens is 246 g/mol. The van der Waals surface area contributed by atoms with Crippen molar-refractivity contribution in [2.75, 3.05) is 13.7 Å². The minimum Gasteiger partial charge on any atom is -0.508 e. The first-order chi connectivity index (χ1) is 8.82. The highest BCUT2D eigenvalue weighted by atomic mass is 16.5. The summed E-state index contributed by atoms with van der Waals surface area (Å²) in [6.45, 7) is 6.10. The fraction of sp³-hybridized carbons (Fsp3) is 0.500. The quantitative estimate of drug-likeness (QED) is 0.826. The van der Waals surface area contributed by atoms with E-state index in [9.17, 15) is 15.0 Å². The highest BCUT2D eigenvalue weighted by Gasteiger charge is 2.33. The van der Waals surface area contributed by atoms with Gasteiger partial charge in [0.2, 0.25) is 0 Å². The summed E-state index contributed by atoms with van der Waals surface area (Å²) in [5, 5.41) is 19.1. The third-order valence-electron chi connectivity index (χ3n) is 3.34. The normalized spacial score (nSPS) is 11.6. The van der Waals surface area contributed by atoms with Crippen molar-refractivity contribution in [1.82, 2.24) is 4.90 Å². The summed E-state index contributed by atoms with van der Waals surface area (Å²) in [6.07, 6.45) is 0. The zero-order chi connectivity index (χ0) is 14.6. The number of rotatable bonds is 6. The van der Waals surface area contributed by atoms with E-state index < -0.39 is 11.5 Å². The van der Waals surface area contributed by atoms with E-state index in [1.54, 1.807) is 44.1 Å². The molecular formula is C14H21NO4. The third kappa shape index (κ3) is 3.38. The minimum absolute atomic E-state index is 0.139. The van der Waals surface area contributed by atoms with Crippen LogP contribution in [0.25, 0.3) is 0 Å². The van der Waals surface area contributed by atoms with E-state index in [-0.39, 0.29) is 5.75 Å². The first-order valence-corrected chi connectivity index (χ1v) is 6.17. The summed E-state index contributed by atoms with van der Waals surface area (Å²) >= 11 is 0. The minimum atomic E-state index is -0.996. The fourth-order valence-corrected chi connectivity index (χ4v) is 1.86. The van der Waals surface area contributed by atoms with Crippen LogP contribution in [-0.4, -0.2) is 40.3 Å². The van der Waals surface area contributed by atoms with Crippen LogP contribution in [0.5, 0.6) is 11.5 Å². The van der Waals surface area contributed by atoms with Gasteiger partial charge in [-0.15, -0.1) is 0 Å². The first-order valence-electron chi connectivity index (χ1n) is 6.17. The van der Waals surface area contributed by atoms with E-state index >= 15 is 0 Å². The van der Waals surface area contributed by atoms with Gasteiger partial charge in [-0.3, -0.25) is 9.69 Å². The number of methoxy groups -OCH3 is 1. The van der Waals surface area contributed by atoms with Crippen LogP contribution < -0.4 is 4.74 Å². The molecule has 0 fully saturated rings. The number of carbonyl (C=O) groups is 1. The zero-order valence-corrected chi connectivity index (χ0v) is 11.8. The van der Waals surface area contributed by atoms with Gasteiger partial charge in [-0.1, -0.05) is 6.92 Å². The van der Waals surface area contributed by atoms with Crippen molar-refractivity contribution in [2.45, 2.75) is 32.9 Å². The van der Waals surface area contributed by atoms with Crippen molar-refractivity contribution in [3.63, 3.8) is 0 Å². The van der Waals surface area contributed by atoms with Gasteiger partial charge in [0.25, 0.3) is 0 Å². The molecule has 0 unspecified atom stereocenters. The maximum atomic E-state index is 11.3. The van der Waals surface area contributed by atoms with E-state index in [1.807, 2.05) is 6.92 Å². The van der Waals surface area contributed by atoms with Gasteiger partial charge >= 0.3 is 5.97 Å². The van der Waals surface area contributed by atoms with E-state index in [1.165, 1.54) is 0 Å². The van der Waals surface area contributed by atoms with Crippen LogP contribution in [0.4, 0.5) is 0 Å². The van der Waals surface area contributed by atoms with Crippen LogP contribution >= 0.6 is 0 Å². The number of likely N-dealkylation sites (N-methyl/N-ethyl adjacent to an activating group) is 1. The molecule has 0 heterocycles. The Morgan fingerprint density at radius 3 is 2.53 bits per heavy atom. The SMILES string of the molecule is CCN(Cc1cc(OC)ccc1O)C(C)(C)C(=O)O. The molecule has 5 nitrogen and oxygen atoms in total. The molecule has 0 aromatic heterocycles. The summed E-state index contributed by atoms with van der Waals surface area (Å²) in [4.78, 5) is 13.1. The smallest absolute Gasteiger partial charge is 0.323 e. The Morgan fingerprint density at radius 1 is 1.42 bits per heavy atom. The van der Waals surface area contributed by atoms with Gasteiger partial charge in [0.15, 0.2) is 0 Å². The van der Waals surface area contributed by atoms with Gasteiger partial charge in [0, 0.05) is 12.1 Å². The molecule has 0 aliphatic rings. The molecule has 19 heavy (non-hydrogen) atoms. The third-order valence-corrected chi connectivity index (χ3v) is 3.34. The van der Waals surface area contributed by atoms with Gasteiger partial charge in [-0.05, 0) is 38.6 Å². The predicted octanol–water partition coefficient (Wildman–Crippen LogP) is 2.09. The van der Waals surface area contributed by atoms with Crippen LogP contribution in [0, 0.1) is 0 Å². The molecule has 0 saturated heterocycles. The maximum absolute atomic E-state index is 11.3. The Kier molecular flexibility index (Phi) is 4.78. The van der Waals surface area contributed by atoms with Crippen molar-refractivity contribution in [2.24, 2.45) is 0 Å². The lowest BCUT2D eigenvalue weighted by Crippen LogP contribution is -2.49.